The van der Waals surface area contributed by atoms with E-state index in [0.29, 0.717) is 43.0 Å². The number of pyridine rings is 4. The standard InChI is InChI=1S/C34H36N10O2/c1-40-7-9-42(10-8-40)32-4-3-25(19-38-32)34(46)44-13-11-43(12-14-44)33-17-24(5-6-35-33)31(45)18-29-16-26-15-27(20-37-30(26)22-36-29)28-21-39-41(2)23-28/h3-6,15-17,19-23H,7-14,18H2,1-2H3. The van der Waals surface area contributed by atoms with E-state index >= 15 is 0 Å². The SMILES string of the molecule is CN1CCN(c2ccc(C(=O)N3CCN(c4cc(C(=O)Cc5cc6cc(-c7cnn(C)c7)cnc6cn5)ccn4)CC3)cn2)CC1. The van der Waals surface area contributed by atoms with Crippen molar-refractivity contribution in [1.29, 1.82) is 0 Å². The summed E-state index contributed by atoms with van der Waals surface area (Å²) in [6.45, 7) is 6.27. The summed E-state index contributed by atoms with van der Waals surface area (Å²) >= 11 is 0. The number of likely N-dealkylation sites (N-methyl/N-ethyl adjacent to an activating group) is 1. The van der Waals surface area contributed by atoms with Gasteiger partial charge in [-0.1, -0.05) is 0 Å². The molecule has 0 aliphatic carbocycles. The Morgan fingerprint density at radius 3 is 2.22 bits per heavy atom. The van der Waals surface area contributed by atoms with Gasteiger partial charge < -0.3 is 19.6 Å². The Kier molecular flexibility index (Phi) is 8.10. The lowest BCUT2D eigenvalue weighted by Gasteiger charge is -2.35. The average molecular weight is 617 g/mol. The van der Waals surface area contributed by atoms with E-state index in [4.69, 9.17) is 0 Å². The van der Waals surface area contributed by atoms with Gasteiger partial charge in [0.25, 0.3) is 5.91 Å². The maximum atomic E-state index is 13.3. The molecule has 0 unspecified atom stereocenters. The van der Waals surface area contributed by atoms with Gasteiger partial charge in [0, 0.05) is 112 Å². The number of anilines is 2. The number of rotatable bonds is 7. The number of hydrogen-bond acceptors (Lipinski definition) is 10. The number of Topliss-reactive ketones (excluding diaryl/α,β-unsaturated/α-hetero) is 1. The maximum absolute atomic E-state index is 13.3. The van der Waals surface area contributed by atoms with Crippen molar-refractivity contribution in [3.63, 3.8) is 0 Å². The molecule has 2 saturated heterocycles. The third-order valence-corrected chi connectivity index (χ3v) is 8.78. The lowest BCUT2D eigenvalue weighted by molar-refractivity contribution is 0.0746. The fraction of sp³-hybridized carbons (Fsp3) is 0.324. The topological polar surface area (TPSA) is 116 Å². The second kappa shape index (κ2) is 12.6. The number of aryl methyl sites for hydroxylation is 1. The zero-order valence-corrected chi connectivity index (χ0v) is 26.1. The molecule has 5 aromatic rings. The molecule has 1 amide bonds. The molecule has 0 N–H and O–H groups in total. The molecule has 0 radical (unpaired) electrons. The largest absolute Gasteiger partial charge is 0.354 e. The summed E-state index contributed by atoms with van der Waals surface area (Å²) in [5, 5.41) is 5.17. The molecular weight excluding hydrogens is 580 g/mol. The first-order valence-corrected chi connectivity index (χ1v) is 15.6. The van der Waals surface area contributed by atoms with Gasteiger partial charge in [-0.15, -0.1) is 0 Å². The Morgan fingerprint density at radius 1 is 0.696 bits per heavy atom. The third kappa shape index (κ3) is 6.29. The highest BCUT2D eigenvalue weighted by molar-refractivity contribution is 5.98. The summed E-state index contributed by atoms with van der Waals surface area (Å²) in [6.07, 6.45) is 10.8. The van der Waals surface area contributed by atoms with Gasteiger partial charge in [0.05, 0.1) is 29.9 Å². The Balaban J connectivity index is 0.967. The van der Waals surface area contributed by atoms with Crippen LogP contribution in [0.4, 0.5) is 11.6 Å². The second-order valence-corrected chi connectivity index (χ2v) is 12.0. The van der Waals surface area contributed by atoms with Gasteiger partial charge >= 0.3 is 0 Å². The van der Waals surface area contributed by atoms with Gasteiger partial charge in [-0.05, 0) is 43.4 Å². The minimum atomic E-state index is -0.0341. The van der Waals surface area contributed by atoms with Crippen LogP contribution in [0.1, 0.15) is 26.4 Å². The number of hydrogen-bond donors (Lipinski definition) is 0. The highest BCUT2D eigenvalue weighted by atomic mass is 16.2. The van der Waals surface area contributed by atoms with Crippen LogP contribution in [-0.4, -0.2) is 111 Å². The van der Waals surface area contributed by atoms with Crippen molar-refractivity contribution in [2.75, 3.05) is 69.2 Å². The molecule has 0 bridgehead atoms. The van der Waals surface area contributed by atoms with Gasteiger partial charge in [0.15, 0.2) is 5.78 Å². The Bertz CT molecular complexity index is 1870. The number of fused-ring (bicyclic) bond motifs is 1. The lowest BCUT2D eigenvalue weighted by Crippen LogP contribution is -2.49. The summed E-state index contributed by atoms with van der Waals surface area (Å²) in [5.41, 5.74) is 4.57. The maximum Gasteiger partial charge on any atom is 0.255 e. The molecule has 12 heteroatoms. The number of nitrogens with zero attached hydrogens (tertiary/aromatic N) is 10. The number of amides is 1. The van der Waals surface area contributed by atoms with E-state index in [1.807, 2.05) is 54.7 Å². The highest BCUT2D eigenvalue weighted by Gasteiger charge is 2.24. The number of piperazine rings is 2. The second-order valence-electron chi connectivity index (χ2n) is 12.0. The predicted octanol–water partition coefficient (Wildman–Crippen LogP) is 2.96. The van der Waals surface area contributed by atoms with Gasteiger partial charge in [-0.25, -0.2) is 9.97 Å². The van der Waals surface area contributed by atoms with Crippen molar-refractivity contribution in [3.05, 3.63) is 90.4 Å². The molecule has 7 heterocycles. The number of carbonyl (C=O) groups is 2. The van der Waals surface area contributed by atoms with E-state index in [1.165, 1.54) is 0 Å². The first kappa shape index (κ1) is 29.5. The minimum absolute atomic E-state index is 0.0143. The van der Waals surface area contributed by atoms with Crippen molar-refractivity contribution in [2.24, 2.45) is 7.05 Å². The zero-order chi connectivity index (χ0) is 31.6. The first-order valence-electron chi connectivity index (χ1n) is 15.6. The van der Waals surface area contributed by atoms with E-state index in [9.17, 15) is 9.59 Å². The summed E-state index contributed by atoms with van der Waals surface area (Å²) in [7, 11) is 4.01. The Labute approximate surface area is 267 Å². The molecule has 5 aromatic heterocycles. The monoisotopic (exact) mass is 616 g/mol. The molecule has 0 atom stereocenters. The lowest BCUT2D eigenvalue weighted by atomic mass is 10.0. The van der Waals surface area contributed by atoms with Crippen LogP contribution in [0, 0.1) is 0 Å². The van der Waals surface area contributed by atoms with Crippen molar-refractivity contribution >= 4 is 34.2 Å². The van der Waals surface area contributed by atoms with Crippen molar-refractivity contribution < 1.29 is 9.59 Å². The molecular formula is C34H36N10O2. The van der Waals surface area contributed by atoms with Crippen LogP contribution in [0.5, 0.6) is 0 Å². The predicted molar refractivity (Wildman–Crippen MR) is 176 cm³/mol. The van der Waals surface area contributed by atoms with Crippen LogP contribution in [0.15, 0.2) is 73.6 Å². The molecule has 2 aliphatic heterocycles. The summed E-state index contributed by atoms with van der Waals surface area (Å²) in [4.78, 5) is 53.3. The molecule has 2 fully saturated rings. The van der Waals surface area contributed by atoms with E-state index < -0.39 is 0 Å². The van der Waals surface area contributed by atoms with Crippen LogP contribution < -0.4 is 9.80 Å². The van der Waals surface area contributed by atoms with Crippen molar-refractivity contribution in [3.8, 4) is 11.1 Å². The van der Waals surface area contributed by atoms with Gasteiger partial charge in [-0.2, -0.15) is 5.10 Å². The molecule has 2 aliphatic rings. The normalized spacial score (nSPS) is 15.8. The zero-order valence-electron chi connectivity index (χ0n) is 26.1. The number of carbonyl (C=O) groups excluding carboxylic acids is 2. The van der Waals surface area contributed by atoms with Crippen molar-refractivity contribution in [1.82, 2.24) is 39.5 Å². The highest BCUT2D eigenvalue weighted by Crippen LogP contribution is 2.23. The van der Waals surface area contributed by atoms with Gasteiger partial charge in [0.2, 0.25) is 0 Å². The van der Waals surface area contributed by atoms with E-state index in [2.05, 4.69) is 46.8 Å². The summed E-state index contributed by atoms with van der Waals surface area (Å²) in [5.74, 6) is 1.60. The first-order chi connectivity index (χ1) is 22.4. The summed E-state index contributed by atoms with van der Waals surface area (Å²) in [6, 6.07) is 11.4. The van der Waals surface area contributed by atoms with Gasteiger partial charge in [-0.3, -0.25) is 24.2 Å². The van der Waals surface area contributed by atoms with Crippen LogP contribution in [0.25, 0.3) is 22.0 Å². The van der Waals surface area contributed by atoms with E-state index in [0.717, 1.165) is 59.8 Å². The molecule has 0 spiro atoms. The number of ketones is 1. The Morgan fingerprint density at radius 2 is 1.48 bits per heavy atom. The quantitative estimate of drug-likeness (QED) is 0.253. The third-order valence-electron chi connectivity index (χ3n) is 8.78. The van der Waals surface area contributed by atoms with Crippen LogP contribution in [0.3, 0.4) is 0 Å². The smallest absolute Gasteiger partial charge is 0.255 e. The molecule has 12 nitrogen and oxygen atoms in total. The van der Waals surface area contributed by atoms with Crippen molar-refractivity contribution in [2.45, 2.75) is 6.42 Å². The van der Waals surface area contributed by atoms with E-state index in [-0.39, 0.29) is 18.1 Å². The van der Waals surface area contributed by atoms with Crippen LogP contribution >= 0.6 is 0 Å². The fourth-order valence-corrected chi connectivity index (χ4v) is 5.99. The molecule has 7 rings (SSSR count). The molecule has 0 aromatic carbocycles. The minimum Gasteiger partial charge on any atom is -0.354 e. The molecule has 0 saturated carbocycles. The number of aromatic nitrogens is 6. The Hall–Kier alpha value is -5.23. The van der Waals surface area contributed by atoms with Crippen LogP contribution in [0.2, 0.25) is 0 Å². The molecule has 46 heavy (non-hydrogen) atoms. The van der Waals surface area contributed by atoms with E-state index in [1.54, 1.807) is 35.5 Å². The fourth-order valence-electron chi connectivity index (χ4n) is 5.99. The summed E-state index contributed by atoms with van der Waals surface area (Å²) < 4.78 is 1.76. The van der Waals surface area contributed by atoms with Crippen LogP contribution in [-0.2, 0) is 13.5 Å². The molecule has 234 valence electrons. The van der Waals surface area contributed by atoms with Gasteiger partial charge in [0.1, 0.15) is 11.6 Å². The average Bonchev–Trinajstić information content (AvgIpc) is 3.54.